The zero-order valence-corrected chi connectivity index (χ0v) is 17.7. The molecule has 8 heteroatoms. The van der Waals surface area contributed by atoms with Crippen LogP contribution in [0.2, 0.25) is 0 Å². The highest BCUT2D eigenvalue weighted by atomic mass is 32.2. The van der Waals surface area contributed by atoms with Crippen LogP contribution in [-0.4, -0.2) is 29.9 Å². The van der Waals surface area contributed by atoms with Crippen LogP contribution in [0.3, 0.4) is 0 Å². The molecule has 1 aliphatic rings. The molecule has 0 bridgehead atoms. The van der Waals surface area contributed by atoms with E-state index in [4.69, 9.17) is 4.42 Å². The lowest BCUT2D eigenvalue weighted by atomic mass is 10.1. The van der Waals surface area contributed by atoms with E-state index in [9.17, 15) is 0 Å². The number of para-hydroxylation sites is 1. The first kappa shape index (κ1) is 18.4. The molecule has 7 nitrogen and oxygen atoms in total. The lowest BCUT2D eigenvalue weighted by Gasteiger charge is -2.10. The van der Waals surface area contributed by atoms with Crippen LogP contribution < -0.4 is 0 Å². The number of nitrogens with zero attached hydrogens (tertiary/aromatic N) is 5. The first-order valence-corrected chi connectivity index (χ1v) is 11.2. The summed E-state index contributed by atoms with van der Waals surface area (Å²) in [5, 5.41) is 19.6. The number of hydrogen-bond donors (Lipinski definition) is 1. The number of aromatic amines is 1. The maximum atomic E-state index is 5.95. The Labute approximate surface area is 182 Å². The molecule has 31 heavy (non-hydrogen) atoms. The van der Waals surface area contributed by atoms with Crippen molar-refractivity contribution < 1.29 is 4.42 Å². The van der Waals surface area contributed by atoms with Crippen molar-refractivity contribution in [3.8, 4) is 22.8 Å². The second-order valence-electron chi connectivity index (χ2n) is 7.73. The van der Waals surface area contributed by atoms with Crippen LogP contribution in [0.1, 0.15) is 36.9 Å². The topological polar surface area (TPSA) is 85.4 Å². The normalized spacial score (nSPS) is 14.9. The van der Waals surface area contributed by atoms with Gasteiger partial charge in [-0.3, -0.25) is 4.57 Å². The second-order valence-corrected chi connectivity index (χ2v) is 9.03. The Hall–Kier alpha value is -3.39. The van der Waals surface area contributed by atoms with Crippen LogP contribution in [0, 0.1) is 0 Å². The molecule has 6 rings (SSSR count). The van der Waals surface area contributed by atoms with Gasteiger partial charge in [0.15, 0.2) is 11.0 Å². The third-order valence-electron chi connectivity index (χ3n) is 5.50. The summed E-state index contributed by atoms with van der Waals surface area (Å²) in [5.74, 6) is 2.03. The van der Waals surface area contributed by atoms with Gasteiger partial charge in [0.05, 0.1) is 5.25 Å². The quantitative estimate of drug-likeness (QED) is 0.351. The maximum absolute atomic E-state index is 5.95. The zero-order chi connectivity index (χ0) is 20.8. The van der Waals surface area contributed by atoms with Gasteiger partial charge in [0, 0.05) is 34.3 Å². The van der Waals surface area contributed by atoms with Crippen LogP contribution in [0.25, 0.3) is 33.7 Å². The number of aromatic nitrogens is 6. The fraction of sp³-hybridized carbons (Fsp3) is 0.217. The molecule has 0 radical (unpaired) electrons. The minimum Gasteiger partial charge on any atom is -0.419 e. The number of H-pyrrole nitrogens is 1. The van der Waals surface area contributed by atoms with Crippen molar-refractivity contribution in [3.63, 3.8) is 0 Å². The van der Waals surface area contributed by atoms with Crippen molar-refractivity contribution in [1.82, 2.24) is 29.9 Å². The van der Waals surface area contributed by atoms with Gasteiger partial charge in [0.1, 0.15) is 0 Å². The monoisotopic (exact) mass is 428 g/mol. The van der Waals surface area contributed by atoms with Crippen LogP contribution in [-0.2, 0) is 0 Å². The van der Waals surface area contributed by atoms with E-state index in [1.54, 1.807) is 11.8 Å². The van der Waals surface area contributed by atoms with Crippen molar-refractivity contribution in [3.05, 3.63) is 66.7 Å². The summed E-state index contributed by atoms with van der Waals surface area (Å²) in [5.41, 5.74) is 3.10. The average Bonchev–Trinajstić information content (AvgIpc) is 3.21. The van der Waals surface area contributed by atoms with Crippen LogP contribution in [0.15, 0.2) is 70.4 Å². The molecule has 1 atom stereocenters. The van der Waals surface area contributed by atoms with E-state index in [0.29, 0.717) is 17.8 Å². The van der Waals surface area contributed by atoms with Gasteiger partial charge in [-0.15, -0.1) is 20.4 Å². The minimum absolute atomic E-state index is 0.0394. The highest BCUT2D eigenvalue weighted by Crippen LogP contribution is 2.44. The number of nitrogens with one attached hydrogen (secondary N) is 1. The number of rotatable bonds is 6. The average molecular weight is 429 g/mol. The van der Waals surface area contributed by atoms with E-state index in [-0.39, 0.29) is 5.25 Å². The van der Waals surface area contributed by atoms with Crippen molar-refractivity contribution in [1.29, 1.82) is 0 Å². The summed E-state index contributed by atoms with van der Waals surface area (Å²) in [7, 11) is 0. The maximum Gasteiger partial charge on any atom is 0.247 e. The molecule has 3 heterocycles. The zero-order valence-electron chi connectivity index (χ0n) is 16.9. The molecular formula is C23H20N6OS. The summed E-state index contributed by atoms with van der Waals surface area (Å²) in [6.45, 7) is 2.06. The van der Waals surface area contributed by atoms with Crippen molar-refractivity contribution in [2.45, 2.75) is 36.2 Å². The van der Waals surface area contributed by atoms with Crippen molar-refractivity contribution in [2.75, 3.05) is 0 Å². The van der Waals surface area contributed by atoms with E-state index in [1.807, 2.05) is 42.6 Å². The Bertz CT molecular complexity index is 1350. The van der Waals surface area contributed by atoms with E-state index in [0.717, 1.165) is 45.9 Å². The lowest BCUT2D eigenvalue weighted by molar-refractivity contribution is 0.508. The smallest absolute Gasteiger partial charge is 0.247 e. The van der Waals surface area contributed by atoms with E-state index in [2.05, 4.69) is 55.1 Å². The summed E-state index contributed by atoms with van der Waals surface area (Å²) in [4.78, 5) is 3.35. The molecule has 0 aliphatic heterocycles. The minimum atomic E-state index is -0.0394. The summed E-state index contributed by atoms with van der Waals surface area (Å²) < 4.78 is 8.22. The standard InChI is InChI=1S/C23H20N6OS/c1-14(21-26-27-22(30-21)15-7-3-2-4-8-15)31-23-28-25-20(29(23)16-11-12-16)18-13-24-19-10-6-5-9-17(18)19/h2-10,13-14,16,24H,11-12H2,1H3. The summed E-state index contributed by atoms with van der Waals surface area (Å²) in [6, 6.07) is 18.5. The molecule has 1 fully saturated rings. The third kappa shape index (κ3) is 3.33. The van der Waals surface area contributed by atoms with Crippen molar-refractivity contribution >= 4 is 22.7 Å². The molecule has 0 amide bonds. The van der Waals surface area contributed by atoms with Gasteiger partial charge >= 0.3 is 0 Å². The van der Waals surface area contributed by atoms with Gasteiger partial charge in [-0.25, -0.2) is 0 Å². The Morgan fingerprint density at radius 1 is 1.00 bits per heavy atom. The molecule has 1 N–H and O–H groups in total. The largest absolute Gasteiger partial charge is 0.419 e. The number of hydrogen-bond acceptors (Lipinski definition) is 6. The Kier molecular flexibility index (Phi) is 4.38. The molecule has 0 spiro atoms. The Morgan fingerprint density at radius 3 is 2.65 bits per heavy atom. The fourth-order valence-corrected chi connectivity index (χ4v) is 4.71. The molecule has 1 saturated carbocycles. The number of thioether (sulfide) groups is 1. The molecule has 5 aromatic rings. The Morgan fingerprint density at radius 2 is 1.81 bits per heavy atom. The summed E-state index contributed by atoms with van der Waals surface area (Å²) in [6.07, 6.45) is 4.32. The predicted molar refractivity (Wildman–Crippen MR) is 120 cm³/mol. The number of fused-ring (bicyclic) bond motifs is 1. The van der Waals surface area contributed by atoms with Gasteiger partial charge in [0.2, 0.25) is 11.8 Å². The van der Waals surface area contributed by atoms with Gasteiger partial charge in [-0.05, 0) is 38.0 Å². The van der Waals surface area contributed by atoms with Crippen LogP contribution in [0.5, 0.6) is 0 Å². The van der Waals surface area contributed by atoms with E-state index < -0.39 is 0 Å². The van der Waals surface area contributed by atoms with E-state index >= 15 is 0 Å². The van der Waals surface area contributed by atoms with Crippen molar-refractivity contribution in [2.24, 2.45) is 0 Å². The molecule has 1 aliphatic carbocycles. The highest BCUT2D eigenvalue weighted by Gasteiger charge is 2.32. The second kappa shape index (κ2) is 7.39. The first-order chi connectivity index (χ1) is 15.3. The van der Waals surface area contributed by atoms with Gasteiger partial charge in [-0.2, -0.15) is 0 Å². The predicted octanol–water partition coefficient (Wildman–Crippen LogP) is 5.66. The third-order valence-corrected chi connectivity index (χ3v) is 6.54. The Balaban J connectivity index is 1.31. The molecule has 3 aromatic heterocycles. The van der Waals surface area contributed by atoms with Gasteiger partial charge < -0.3 is 9.40 Å². The van der Waals surface area contributed by atoms with E-state index in [1.165, 1.54) is 0 Å². The SMILES string of the molecule is CC(Sc1nnc(-c2c[nH]c3ccccc23)n1C1CC1)c1nnc(-c2ccccc2)o1. The van der Waals surface area contributed by atoms with Crippen LogP contribution >= 0.6 is 11.8 Å². The molecule has 1 unspecified atom stereocenters. The first-order valence-electron chi connectivity index (χ1n) is 10.3. The molecular weight excluding hydrogens is 408 g/mol. The molecule has 154 valence electrons. The lowest BCUT2D eigenvalue weighted by Crippen LogP contribution is -2.01. The summed E-state index contributed by atoms with van der Waals surface area (Å²) >= 11 is 1.61. The van der Waals surface area contributed by atoms with Gasteiger partial charge in [0.25, 0.3) is 0 Å². The van der Waals surface area contributed by atoms with Crippen LogP contribution in [0.4, 0.5) is 0 Å². The molecule has 2 aromatic carbocycles. The van der Waals surface area contributed by atoms with Gasteiger partial charge in [-0.1, -0.05) is 48.2 Å². The number of benzene rings is 2. The highest BCUT2D eigenvalue weighted by molar-refractivity contribution is 7.99. The molecule has 0 saturated heterocycles. The fourth-order valence-electron chi connectivity index (χ4n) is 3.76.